The summed E-state index contributed by atoms with van der Waals surface area (Å²) in [5.41, 5.74) is 7.63. The molecule has 1 aliphatic heterocycles. The van der Waals surface area contributed by atoms with Crippen LogP contribution in [0.4, 0.5) is 10.1 Å². The van der Waals surface area contributed by atoms with Gasteiger partial charge in [-0.2, -0.15) is 0 Å². The number of ether oxygens (including phenoxy) is 3. The van der Waals surface area contributed by atoms with Gasteiger partial charge < -0.3 is 0 Å². The Morgan fingerprint density at radius 1 is 1.38 bits per heavy atom. The molecular formula is C19H26FN2O3Pb. The molecule has 2 heterocycles. The van der Waals surface area contributed by atoms with Crippen molar-refractivity contribution in [3.05, 3.63) is 29.7 Å². The van der Waals surface area contributed by atoms with Crippen LogP contribution in [-0.2, 0) is 26.2 Å². The van der Waals surface area contributed by atoms with Crippen molar-refractivity contribution in [2.45, 2.75) is 51.5 Å². The maximum absolute atomic E-state index is 14.2. The monoisotopic (exact) mass is 557 g/mol. The average molecular weight is 557 g/mol. The zero-order valence-electron chi connectivity index (χ0n) is 15.8. The number of rotatable bonds is 6. The number of hydrogen-bond donors (Lipinski definition) is 1. The second-order valence-electron chi connectivity index (χ2n) is 7.90. The van der Waals surface area contributed by atoms with Crippen molar-refractivity contribution in [3.63, 3.8) is 0 Å². The predicted molar refractivity (Wildman–Crippen MR) is 101 cm³/mol. The summed E-state index contributed by atoms with van der Waals surface area (Å²) >= 11 is 1.00. The van der Waals surface area contributed by atoms with Gasteiger partial charge in [-0.1, -0.05) is 0 Å². The van der Waals surface area contributed by atoms with Crippen molar-refractivity contribution in [1.29, 1.82) is 0 Å². The van der Waals surface area contributed by atoms with Crippen LogP contribution in [0.15, 0.2) is 18.2 Å². The zero-order valence-corrected chi connectivity index (χ0v) is 19.7. The topological polar surface area (TPSA) is 58.6 Å². The summed E-state index contributed by atoms with van der Waals surface area (Å²) < 4.78 is 34.5. The summed E-state index contributed by atoms with van der Waals surface area (Å²) in [6, 6.07) is 5.30. The fourth-order valence-electron chi connectivity index (χ4n) is 3.50. The van der Waals surface area contributed by atoms with Gasteiger partial charge in [0, 0.05) is 0 Å². The molecule has 2 N–H and O–H groups in total. The van der Waals surface area contributed by atoms with Crippen molar-refractivity contribution in [2.75, 3.05) is 23.1 Å². The summed E-state index contributed by atoms with van der Waals surface area (Å²) in [4.78, 5) is 0. The third-order valence-electron chi connectivity index (χ3n) is 4.73. The minimum atomic E-state index is -0.588. The molecular weight excluding hydrogens is 530 g/mol. The van der Waals surface area contributed by atoms with Crippen molar-refractivity contribution >= 4 is 42.4 Å². The fraction of sp³-hybridized carbons (Fsp3) is 0.579. The molecule has 141 valence electrons. The molecule has 1 atom stereocenters. The van der Waals surface area contributed by atoms with E-state index in [1.807, 2.05) is 13.8 Å². The first-order valence-corrected chi connectivity index (χ1v) is 11.5. The van der Waals surface area contributed by atoms with E-state index < -0.39 is 11.6 Å². The molecule has 1 aliphatic rings. The summed E-state index contributed by atoms with van der Waals surface area (Å²) in [6.45, 7) is 9.82. The van der Waals surface area contributed by atoms with Crippen LogP contribution < -0.4 is 5.73 Å². The Hall–Kier alpha value is -0.708. The van der Waals surface area contributed by atoms with Gasteiger partial charge in [0.15, 0.2) is 0 Å². The molecule has 0 bridgehead atoms. The number of nitrogens with two attached hydrogens (primary N) is 1. The van der Waals surface area contributed by atoms with Gasteiger partial charge in [-0.05, 0) is 0 Å². The Bertz CT molecular complexity index is 804. The van der Waals surface area contributed by atoms with Crippen LogP contribution in [0.2, 0.25) is 0 Å². The molecule has 1 aromatic carbocycles. The number of nitrogens with zero attached hydrogens (tertiary/aromatic N) is 1. The van der Waals surface area contributed by atoms with E-state index in [1.54, 1.807) is 6.07 Å². The number of aromatic nitrogens is 1. The van der Waals surface area contributed by atoms with E-state index in [1.165, 1.54) is 6.07 Å². The van der Waals surface area contributed by atoms with E-state index in [-0.39, 0.29) is 17.2 Å². The van der Waals surface area contributed by atoms with E-state index in [4.69, 9.17) is 19.9 Å². The molecule has 3 radical (unpaired) electrons. The van der Waals surface area contributed by atoms with E-state index in [9.17, 15) is 4.39 Å². The van der Waals surface area contributed by atoms with Crippen LogP contribution in [0.25, 0.3) is 10.9 Å². The number of hydrogen-bond acceptors (Lipinski definition) is 4. The van der Waals surface area contributed by atoms with Crippen molar-refractivity contribution in [3.8, 4) is 0 Å². The first-order chi connectivity index (χ1) is 12.1. The summed E-state index contributed by atoms with van der Waals surface area (Å²) in [5.74, 6) is -0.990. The SMILES string of the molecule is CC1(C)OCC(Cn2c(C(C)(C)CO[CH2][Pb])cc3cc(N)c(F)cc32)O1. The minimum absolute atomic E-state index is 0.0877. The molecule has 2 aromatic rings. The zero-order chi connectivity index (χ0) is 19.1. The van der Waals surface area contributed by atoms with Gasteiger partial charge >= 0.3 is 170 Å². The van der Waals surface area contributed by atoms with E-state index in [0.29, 0.717) is 19.8 Å². The molecule has 1 saturated heterocycles. The summed E-state index contributed by atoms with van der Waals surface area (Å²) in [6.07, 6.45) is -0.0877. The van der Waals surface area contributed by atoms with Gasteiger partial charge in [0.2, 0.25) is 0 Å². The molecule has 26 heavy (non-hydrogen) atoms. The first kappa shape index (κ1) is 20.0. The van der Waals surface area contributed by atoms with Gasteiger partial charge in [0.1, 0.15) is 0 Å². The van der Waals surface area contributed by atoms with Crippen LogP contribution in [0.3, 0.4) is 0 Å². The molecule has 0 aliphatic carbocycles. The van der Waals surface area contributed by atoms with Crippen molar-refractivity contribution in [2.24, 2.45) is 0 Å². The molecule has 7 heteroatoms. The van der Waals surface area contributed by atoms with Crippen molar-refractivity contribution in [1.82, 2.24) is 4.57 Å². The quantitative estimate of drug-likeness (QED) is 0.439. The Labute approximate surface area is 169 Å². The molecule has 0 saturated carbocycles. The molecule has 0 amide bonds. The third-order valence-corrected chi connectivity index (χ3v) is 5.53. The Balaban J connectivity index is 2.05. The van der Waals surface area contributed by atoms with Gasteiger partial charge in [-0.3, -0.25) is 0 Å². The molecule has 3 rings (SSSR count). The molecule has 1 aromatic heterocycles. The molecule has 5 nitrogen and oxygen atoms in total. The van der Waals surface area contributed by atoms with E-state index in [2.05, 4.69) is 24.5 Å². The van der Waals surface area contributed by atoms with Gasteiger partial charge in [0.25, 0.3) is 0 Å². The van der Waals surface area contributed by atoms with Gasteiger partial charge in [-0.15, -0.1) is 0 Å². The normalized spacial score (nSPS) is 20.2. The molecule has 1 unspecified atom stereocenters. The second-order valence-corrected chi connectivity index (χ2v) is 9.02. The van der Waals surface area contributed by atoms with Crippen LogP contribution in [-0.4, -0.2) is 59.6 Å². The van der Waals surface area contributed by atoms with Crippen LogP contribution >= 0.6 is 0 Å². The molecule has 1 fully saturated rings. The fourth-order valence-corrected chi connectivity index (χ4v) is 3.89. The Morgan fingerprint density at radius 2 is 2.12 bits per heavy atom. The number of benzene rings is 1. The number of nitrogen functional groups attached to an aromatic ring is 1. The number of fused-ring (bicyclic) bond motifs is 1. The van der Waals surface area contributed by atoms with Crippen LogP contribution in [0.1, 0.15) is 33.4 Å². The predicted octanol–water partition coefficient (Wildman–Crippen LogP) is 2.93. The van der Waals surface area contributed by atoms with Gasteiger partial charge in [0.05, 0.1) is 0 Å². The van der Waals surface area contributed by atoms with Crippen molar-refractivity contribution < 1.29 is 18.6 Å². The van der Waals surface area contributed by atoms with E-state index >= 15 is 0 Å². The molecule has 0 spiro atoms. The summed E-state index contributed by atoms with van der Waals surface area (Å²) in [5, 5.41) is 0.927. The van der Waals surface area contributed by atoms with E-state index in [0.717, 1.165) is 46.5 Å². The average Bonchev–Trinajstić information content (AvgIpc) is 3.07. The number of anilines is 1. The van der Waals surface area contributed by atoms with Crippen LogP contribution in [0, 0.1) is 5.82 Å². The standard InChI is InChI=1S/C19H26FN2O3.Pb/c1-18(2,11-23-5)17-7-12-6-15(21)14(20)8-16(12)22(17)9-13-10-24-19(3,4)25-13;/h6-8,13H,5,9-11,21H2,1-4H3;. The Kier molecular flexibility index (Phi) is 5.68. The third kappa shape index (κ3) is 4.08. The second kappa shape index (κ2) is 7.37. The number of halogens is 1. The van der Waals surface area contributed by atoms with Gasteiger partial charge in [-0.25, -0.2) is 0 Å². The Morgan fingerprint density at radius 3 is 2.73 bits per heavy atom. The maximum atomic E-state index is 14.2. The first-order valence-electron chi connectivity index (χ1n) is 8.76. The summed E-state index contributed by atoms with van der Waals surface area (Å²) in [7, 11) is 0. The van der Waals surface area contributed by atoms with Crippen LogP contribution in [0.5, 0.6) is 0 Å².